The number of aldehydes is 1. The summed E-state index contributed by atoms with van der Waals surface area (Å²) in [7, 11) is 0. The zero-order valence-corrected chi connectivity index (χ0v) is 13.5. The van der Waals surface area contributed by atoms with E-state index < -0.39 is 6.23 Å². The minimum Gasteiger partial charge on any atom is -0.369 e. The van der Waals surface area contributed by atoms with Crippen molar-refractivity contribution in [2.24, 2.45) is 5.10 Å². The molecule has 2 atom stereocenters. The van der Waals surface area contributed by atoms with E-state index in [4.69, 9.17) is 4.84 Å². The number of aliphatic hydroxyl groups is 1. The second-order valence-corrected chi connectivity index (χ2v) is 5.74. The second-order valence-electron chi connectivity index (χ2n) is 5.74. The number of hydroxylamine groups is 1. The third-order valence-corrected chi connectivity index (χ3v) is 3.72. The molecule has 0 bridgehead atoms. The summed E-state index contributed by atoms with van der Waals surface area (Å²) in [5.41, 5.74) is 1.08. The summed E-state index contributed by atoms with van der Waals surface area (Å²) in [5.74, 6) is 0. The van der Waals surface area contributed by atoms with Crippen LogP contribution in [0.5, 0.6) is 0 Å². The van der Waals surface area contributed by atoms with Crippen molar-refractivity contribution in [1.82, 2.24) is 5.17 Å². The van der Waals surface area contributed by atoms with Crippen LogP contribution in [0.2, 0.25) is 0 Å². The molecule has 0 radical (unpaired) electrons. The van der Waals surface area contributed by atoms with Crippen molar-refractivity contribution < 1.29 is 14.7 Å². The molecule has 5 heteroatoms. The van der Waals surface area contributed by atoms with E-state index in [1.165, 1.54) is 30.9 Å². The van der Waals surface area contributed by atoms with Crippen LogP contribution in [0.1, 0.15) is 78.1 Å². The smallest absolute Gasteiger partial charge is 0.177 e. The van der Waals surface area contributed by atoms with Crippen molar-refractivity contribution in [3.63, 3.8) is 0 Å². The van der Waals surface area contributed by atoms with E-state index in [9.17, 15) is 9.90 Å². The highest BCUT2D eigenvalue weighted by Gasteiger charge is 2.26. The van der Waals surface area contributed by atoms with Gasteiger partial charge in [0.05, 0.1) is 12.5 Å². The standard InChI is InChI=1S/C16H30N2O3/c1-3-5-7-9-14-13-15(10-8-6-4-2)21-18(17-14)16(20)11-12-19/h12,15-16,20H,3-11,13H2,1-2H3. The van der Waals surface area contributed by atoms with E-state index >= 15 is 0 Å². The van der Waals surface area contributed by atoms with Gasteiger partial charge in [-0.2, -0.15) is 5.10 Å². The Kier molecular flexibility index (Phi) is 9.26. The maximum absolute atomic E-state index is 10.6. The number of hydrazone groups is 1. The fourth-order valence-corrected chi connectivity index (χ4v) is 2.48. The molecular weight excluding hydrogens is 268 g/mol. The summed E-state index contributed by atoms with van der Waals surface area (Å²) in [5, 5.41) is 15.5. The number of unbranched alkanes of at least 4 members (excludes halogenated alkanes) is 4. The lowest BCUT2D eigenvalue weighted by Crippen LogP contribution is -2.40. The minimum absolute atomic E-state index is 0.0212. The van der Waals surface area contributed by atoms with Crippen LogP contribution in [0.4, 0.5) is 0 Å². The molecule has 1 aliphatic heterocycles. The summed E-state index contributed by atoms with van der Waals surface area (Å²) in [4.78, 5) is 16.3. The molecule has 21 heavy (non-hydrogen) atoms. The Morgan fingerprint density at radius 2 is 2.05 bits per heavy atom. The molecule has 2 unspecified atom stereocenters. The van der Waals surface area contributed by atoms with Crippen LogP contribution in [0.3, 0.4) is 0 Å². The molecule has 0 aromatic carbocycles. The maximum Gasteiger partial charge on any atom is 0.177 e. The number of nitrogens with zero attached hydrogens (tertiary/aromatic N) is 2. The van der Waals surface area contributed by atoms with Gasteiger partial charge in [-0.15, -0.1) is 5.17 Å². The highest BCUT2D eigenvalue weighted by molar-refractivity contribution is 5.84. The zero-order chi connectivity index (χ0) is 15.5. The number of aliphatic hydroxyl groups excluding tert-OH is 1. The molecule has 0 amide bonds. The van der Waals surface area contributed by atoms with Crippen LogP contribution in [0.25, 0.3) is 0 Å². The molecule has 1 rings (SSSR count). The Balaban J connectivity index is 2.57. The lowest BCUT2D eigenvalue weighted by Gasteiger charge is -2.33. The summed E-state index contributed by atoms with van der Waals surface area (Å²) < 4.78 is 0. The quantitative estimate of drug-likeness (QED) is 0.469. The summed E-state index contributed by atoms with van der Waals surface area (Å²) in [6.45, 7) is 4.36. The van der Waals surface area contributed by atoms with E-state index in [2.05, 4.69) is 18.9 Å². The second kappa shape index (κ2) is 10.7. The lowest BCUT2D eigenvalue weighted by molar-refractivity contribution is -0.272. The van der Waals surface area contributed by atoms with Crippen LogP contribution in [0, 0.1) is 0 Å². The van der Waals surface area contributed by atoms with Crippen LogP contribution < -0.4 is 0 Å². The summed E-state index contributed by atoms with van der Waals surface area (Å²) >= 11 is 0. The molecule has 0 spiro atoms. The zero-order valence-electron chi connectivity index (χ0n) is 13.5. The first-order chi connectivity index (χ1) is 10.2. The lowest BCUT2D eigenvalue weighted by atomic mass is 10.0. The van der Waals surface area contributed by atoms with Gasteiger partial charge in [0.15, 0.2) is 6.23 Å². The number of carbonyl (C=O) groups excluding carboxylic acids is 1. The minimum atomic E-state index is -0.974. The molecule has 122 valence electrons. The number of rotatable bonds is 11. The first-order valence-electron chi connectivity index (χ1n) is 8.35. The molecule has 0 saturated carbocycles. The van der Waals surface area contributed by atoms with Gasteiger partial charge in [0.25, 0.3) is 0 Å². The molecule has 0 fully saturated rings. The van der Waals surface area contributed by atoms with Gasteiger partial charge in [-0.05, 0) is 19.3 Å². The molecule has 0 aliphatic carbocycles. The van der Waals surface area contributed by atoms with Gasteiger partial charge in [-0.1, -0.05) is 46.0 Å². The van der Waals surface area contributed by atoms with Gasteiger partial charge in [0.2, 0.25) is 0 Å². The Bertz CT molecular complexity index is 321. The highest BCUT2D eigenvalue weighted by atomic mass is 16.7. The van der Waals surface area contributed by atoms with Crippen molar-refractivity contribution in [2.45, 2.75) is 90.4 Å². The normalized spacial score (nSPS) is 20.2. The Hall–Kier alpha value is -0.940. The predicted molar refractivity (Wildman–Crippen MR) is 83.7 cm³/mol. The van der Waals surface area contributed by atoms with Crippen molar-refractivity contribution in [3.8, 4) is 0 Å². The van der Waals surface area contributed by atoms with Gasteiger partial charge < -0.3 is 9.90 Å². The van der Waals surface area contributed by atoms with Crippen LogP contribution in [0.15, 0.2) is 5.10 Å². The van der Waals surface area contributed by atoms with Gasteiger partial charge in [-0.25, -0.2) is 0 Å². The van der Waals surface area contributed by atoms with Crippen molar-refractivity contribution in [3.05, 3.63) is 0 Å². The monoisotopic (exact) mass is 298 g/mol. The Morgan fingerprint density at radius 3 is 2.71 bits per heavy atom. The fraction of sp³-hybridized carbons (Fsp3) is 0.875. The SMILES string of the molecule is CCCCCC1=NN(C(O)CC=O)OC(CCCCC)C1. The molecule has 0 aromatic rings. The summed E-state index contributed by atoms with van der Waals surface area (Å²) in [6, 6.07) is 0. The van der Waals surface area contributed by atoms with Crippen molar-refractivity contribution in [1.29, 1.82) is 0 Å². The number of hydrogen-bond donors (Lipinski definition) is 1. The van der Waals surface area contributed by atoms with E-state index in [1.807, 2.05) is 0 Å². The van der Waals surface area contributed by atoms with Gasteiger partial charge in [0.1, 0.15) is 6.29 Å². The van der Waals surface area contributed by atoms with Crippen molar-refractivity contribution >= 4 is 12.0 Å². The molecule has 1 heterocycles. The van der Waals surface area contributed by atoms with Crippen LogP contribution in [-0.4, -0.2) is 34.6 Å². The average Bonchev–Trinajstić information content (AvgIpc) is 2.48. The molecule has 0 aromatic heterocycles. The highest BCUT2D eigenvalue weighted by Crippen LogP contribution is 2.22. The average molecular weight is 298 g/mol. The third kappa shape index (κ3) is 7.05. The van der Waals surface area contributed by atoms with Gasteiger partial charge in [-0.3, -0.25) is 4.84 Å². The maximum atomic E-state index is 10.6. The third-order valence-electron chi connectivity index (χ3n) is 3.72. The van der Waals surface area contributed by atoms with Crippen LogP contribution >= 0.6 is 0 Å². The van der Waals surface area contributed by atoms with E-state index in [1.54, 1.807) is 0 Å². The number of carbonyl (C=O) groups is 1. The predicted octanol–water partition coefficient (Wildman–Crippen LogP) is 3.42. The van der Waals surface area contributed by atoms with Crippen LogP contribution in [-0.2, 0) is 9.63 Å². The van der Waals surface area contributed by atoms with E-state index in [-0.39, 0.29) is 12.5 Å². The fourth-order valence-electron chi connectivity index (χ4n) is 2.48. The summed E-state index contributed by atoms with van der Waals surface area (Å²) in [6.07, 6.45) is 9.59. The van der Waals surface area contributed by atoms with Gasteiger partial charge in [0, 0.05) is 12.1 Å². The molecule has 5 nitrogen and oxygen atoms in total. The van der Waals surface area contributed by atoms with E-state index in [0.717, 1.165) is 37.8 Å². The van der Waals surface area contributed by atoms with Crippen molar-refractivity contribution in [2.75, 3.05) is 0 Å². The first-order valence-corrected chi connectivity index (χ1v) is 8.35. The first kappa shape index (κ1) is 18.1. The largest absolute Gasteiger partial charge is 0.369 e. The number of hydrogen-bond acceptors (Lipinski definition) is 5. The molecule has 1 N–H and O–H groups in total. The van der Waals surface area contributed by atoms with Gasteiger partial charge >= 0.3 is 0 Å². The molecule has 1 aliphatic rings. The van der Waals surface area contributed by atoms with E-state index in [0.29, 0.717) is 6.29 Å². The molecule has 0 saturated heterocycles. The topological polar surface area (TPSA) is 62.1 Å². The Labute approximate surface area is 128 Å². The Morgan fingerprint density at radius 1 is 1.33 bits per heavy atom. The molecular formula is C16H30N2O3.